The van der Waals surface area contributed by atoms with E-state index in [1.807, 2.05) is 13.0 Å². The minimum Gasteiger partial charge on any atom is -0.483 e. The quantitative estimate of drug-likeness (QED) is 0.187. The number of hydrogen-bond donors (Lipinski definition) is 5. The molecule has 2 aliphatic rings. The van der Waals surface area contributed by atoms with Gasteiger partial charge in [0.25, 0.3) is 11.8 Å². The lowest BCUT2D eigenvalue weighted by Crippen LogP contribution is -2.59. The zero-order valence-corrected chi connectivity index (χ0v) is 27.7. The van der Waals surface area contributed by atoms with E-state index in [0.29, 0.717) is 11.3 Å². The van der Waals surface area contributed by atoms with Crippen LogP contribution in [0.4, 0.5) is 4.39 Å². The molecule has 0 bridgehead atoms. The van der Waals surface area contributed by atoms with Gasteiger partial charge in [-0.2, -0.15) is 0 Å². The number of aliphatic hydroxyl groups is 1. The summed E-state index contributed by atoms with van der Waals surface area (Å²) in [5.74, 6) is -3.06. The number of β-amino-alcohol motifs (C(OH)–C–C–N with tert-alkyl or cyclic N) is 1. The average molecular weight is 676 g/mol. The molecule has 0 unspecified atom stereocenters. The molecule has 5 N–H and O–H groups in total. The van der Waals surface area contributed by atoms with E-state index in [2.05, 4.69) is 20.9 Å². The van der Waals surface area contributed by atoms with Crippen LogP contribution in [-0.4, -0.2) is 93.2 Å². The predicted molar refractivity (Wildman–Crippen MR) is 170 cm³/mol. The Morgan fingerprint density at radius 1 is 1.19 bits per heavy atom. The van der Waals surface area contributed by atoms with E-state index in [1.54, 1.807) is 38.4 Å². The Labute approximate surface area is 276 Å². The van der Waals surface area contributed by atoms with Crippen LogP contribution in [0.5, 0.6) is 5.75 Å². The largest absolute Gasteiger partial charge is 0.483 e. The number of carbonyl (C=O) groups excluding carboxylic acids is 4. The third kappa shape index (κ3) is 9.25. The van der Waals surface area contributed by atoms with E-state index in [0.717, 1.165) is 16.1 Å². The zero-order chi connectivity index (χ0) is 34.5. The first-order valence-electron chi connectivity index (χ1n) is 15.5. The molecule has 1 aliphatic heterocycles. The third-order valence-corrected chi connectivity index (χ3v) is 9.10. The highest BCUT2D eigenvalue weighted by molar-refractivity contribution is 7.13. The summed E-state index contributed by atoms with van der Waals surface area (Å²) in [6.07, 6.45) is -0.627. The Kier molecular flexibility index (Phi) is 11.2. The van der Waals surface area contributed by atoms with Gasteiger partial charge in [0, 0.05) is 38.0 Å². The summed E-state index contributed by atoms with van der Waals surface area (Å²) in [7, 11) is 0. The van der Waals surface area contributed by atoms with Gasteiger partial charge in [0.1, 0.15) is 17.8 Å². The fraction of sp³-hybridized carbons (Fsp3) is 0.562. The number of hydrogen-bond acceptors (Lipinski definition) is 9. The lowest BCUT2D eigenvalue weighted by molar-refractivity contribution is -0.145. The van der Waals surface area contributed by atoms with Crippen molar-refractivity contribution in [3.63, 3.8) is 0 Å². The third-order valence-electron chi connectivity index (χ3n) is 8.13. The molecule has 13 nitrogen and oxygen atoms in total. The van der Waals surface area contributed by atoms with E-state index in [9.17, 15) is 33.5 Å². The number of ether oxygens (including phenoxy) is 1. The topological polar surface area (TPSA) is 187 Å². The maximum absolute atomic E-state index is 14.5. The highest BCUT2D eigenvalue weighted by atomic mass is 32.1. The number of aliphatic hydroxyl groups excluding tert-OH is 1. The van der Waals surface area contributed by atoms with Crippen LogP contribution in [0, 0.1) is 12.3 Å². The zero-order valence-electron chi connectivity index (χ0n) is 26.9. The number of benzene rings is 1. The molecule has 47 heavy (non-hydrogen) atoms. The number of aliphatic carboxylic acids is 1. The van der Waals surface area contributed by atoms with Gasteiger partial charge in [-0.3, -0.25) is 24.0 Å². The summed E-state index contributed by atoms with van der Waals surface area (Å²) >= 11 is 1.44. The Bertz CT molecular complexity index is 1500. The van der Waals surface area contributed by atoms with E-state index >= 15 is 0 Å². The van der Waals surface area contributed by atoms with Gasteiger partial charge in [0.15, 0.2) is 12.3 Å². The maximum atomic E-state index is 14.5. The minimum atomic E-state index is -1.99. The van der Waals surface area contributed by atoms with Gasteiger partial charge in [-0.05, 0) is 43.2 Å². The van der Waals surface area contributed by atoms with Crippen molar-refractivity contribution in [2.24, 2.45) is 5.41 Å². The number of thiazole rings is 1. The van der Waals surface area contributed by atoms with Gasteiger partial charge in [-0.1, -0.05) is 32.9 Å². The number of nitrogens with zero attached hydrogens (tertiary/aromatic N) is 2. The van der Waals surface area contributed by atoms with Crippen LogP contribution in [0.1, 0.15) is 64.1 Å². The van der Waals surface area contributed by atoms with Crippen molar-refractivity contribution in [2.75, 3.05) is 19.7 Å². The van der Waals surface area contributed by atoms with Crippen molar-refractivity contribution in [3.05, 3.63) is 35.0 Å². The molecule has 1 aliphatic carbocycles. The van der Waals surface area contributed by atoms with Gasteiger partial charge in [-0.25, -0.2) is 9.37 Å². The standard InChI is InChI=1S/C32H42FN5O8S/c1-18-26(47-17-36-18)19-7-8-20(23(12-19)46-16-24(40)34-11-5-6-25(41)42)14-35-28(43)22-13-21(39)15-38(22)29(44)27(31(2,3)4)37-30(45)32(33)9-10-32/h7-8,12,17,21-22,27,39H,5-6,9-11,13-16H2,1-4H3,(H,34,40)(H,35,43)(H,37,45)(H,41,42)/t21-,22+,27-/m1/s1. The number of aromatic nitrogens is 1. The van der Waals surface area contributed by atoms with E-state index in [4.69, 9.17) is 9.84 Å². The number of aryl methyl sites for hydroxylation is 1. The van der Waals surface area contributed by atoms with Crippen molar-refractivity contribution >= 4 is 40.9 Å². The SMILES string of the molecule is Cc1ncsc1-c1ccc(CNC(=O)[C@@H]2C[C@@H](O)CN2C(=O)[C@@H](NC(=O)C2(F)CC2)C(C)(C)C)c(OCC(=O)NCCCC(=O)O)c1. The Morgan fingerprint density at radius 3 is 2.53 bits per heavy atom. The van der Waals surface area contributed by atoms with E-state index in [1.165, 1.54) is 16.2 Å². The molecule has 4 amide bonds. The van der Waals surface area contributed by atoms with Crippen LogP contribution in [-0.2, 0) is 30.5 Å². The molecule has 1 aromatic carbocycles. The molecule has 1 saturated heterocycles. The number of halogens is 1. The fourth-order valence-electron chi connectivity index (χ4n) is 5.23. The lowest BCUT2D eigenvalue weighted by Gasteiger charge is -2.35. The molecule has 0 radical (unpaired) electrons. The highest BCUT2D eigenvalue weighted by Crippen LogP contribution is 2.40. The summed E-state index contributed by atoms with van der Waals surface area (Å²) < 4.78 is 20.3. The summed E-state index contributed by atoms with van der Waals surface area (Å²) in [6, 6.07) is 3.16. The second-order valence-corrected chi connectivity index (χ2v) is 13.9. The molecule has 2 heterocycles. The summed E-state index contributed by atoms with van der Waals surface area (Å²) in [5, 5.41) is 27.2. The van der Waals surface area contributed by atoms with Gasteiger partial charge in [-0.15, -0.1) is 11.3 Å². The summed E-state index contributed by atoms with van der Waals surface area (Å²) in [4.78, 5) is 69.3. The molecule has 2 fully saturated rings. The van der Waals surface area contributed by atoms with Crippen LogP contribution in [0.25, 0.3) is 10.4 Å². The average Bonchev–Trinajstić information content (AvgIpc) is 3.41. The molecule has 3 atom stereocenters. The number of rotatable bonds is 14. The Hall–Kier alpha value is -4.11. The van der Waals surface area contributed by atoms with Crippen molar-refractivity contribution < 1.29 is 43.3 Å². The summed E-state index contributed by atoms with van der Waals surface area (Å²) in [5.41, 5.74) is 1.07. The maximum Gasteiger partial charge on any atom is 0.303 e. The smallest absolute Gasteiger partial charge is 0.303 e. The van der Waals surface area contributed by atoms with Crippen LogP contribution < -0.4 is 20.7 Å². The minimum absolute atomic E-state index is 0.0234. The normalized spacial score (nSPS) is 19.1. The Balaban J connectivity index is 1.46. The number of alkyl halides is 1. The van der Waals surface area contributed by atoms with Crippen molar-refractivity contribution in [1.29, 1.82) is 0 Å². The molecule has 0 spiro atoms. The first-order valence-corrected chi connectivity index (χ1v) is 16.4. The molecule has 4 rings (SSSR count). The second-order valence-electron chi connectivity index (χ2n) is 13.1. The molecule has 256 valence electrons. The molecule has 2 aromatic rings. The van der Waals surface area contributed by atoms with Crippen molar-refractivity contribution in [3.8, 4) is 16.2 Å². The highest BCUT2D eigenvalue weighted by Gasteiger charge is 2.53. The molecular weight excluding hydrogens is 633 g/mol. The Morgan fingerprint density at radius 2 is 1.91 bits per heavy atom. The lowest BCUT2D eigenvalue weighted by atomic mass is 9.85. The van der Waals surface area contributed by atoms with Gasteiger partial charge in [0.2, 0.25) is 11.8 Å². The first kappa shape index (κ1) is 35.7. The fourth-order valence-corrected chi connectivity index (χ4v) is 6.04. The number of likely N-dealkylation sites (tertiary alicyclic amines) is 1. The van der Waals surface area contributed by atoms with Crippen LogP contribution in [0.2, 0.25) is 0 Å². The van der Waals surface area contributed by atoms with Gasteiger partial charge < -0.3 is 35.8 Å². The molecule has 15 heteroatoms. The summed E-state index contributed by atoms with van der Waals surface area (Å²) in [6.45, 7) is 6.71. The predicted octanol–water partition coefficient (Wildman–Crippen LogP) is 2.09. The molecule has 1 saturated carbocycles. The van der Waals surface area contributed by atoms with Gasteiger partial charge >= 0.3 is 5.97 Å². The van der Waals surface area contributed by atoms with Crippen LogP contribution in [0.15, 0.2) is 23.7 Å². The number of carboxylic acids is 1. The first-order chi connectivity index (χ1) is 22.1. The number of nitrogens with one attached hydrogen (secondary N) is 3. The monoisotopic (exact) mass is 675 g/mol. The molecular formula is C32H42FN5O8S. The second kappa shape index (κ2) is 14.8. The number of amides is 4. The van der Waals surface area contributed by atoms with Crippen molar-refractivity contribution in [2.45, 2.75) is 90.2 Å². The van der Waals surface area contributed by atoms with Gasteiger partial charge in [0.05, 0.1) is 22.2 Å². The number of carbonyl (C=O) groups is 5. The molecule has 1 aromatic heterocycles. The van der Waals surface area contributed by atoms with E-state index in [-0.39, 0.29) is 58.3 Å². The number of carboxylic acid groups (broad SMARTS) is 1. The van der Waals surface area contributed by atoms with Crippen molar-refractivity contribution in [1.82, 2.24) is 25.8 Å². The van der Waals surface area contributed by atoms with E-state index < -0.39 is 58.9 Å². The van der Waals surface area contributed by atoms with Crippen LogP contribution in [0.3, 0.4) is 0 Å². The van der Waals surface area contributed by atoms with Crippen LogP contribution >= 0.6 is 11.3 Å².